The van der Waals surface area contributed by atoms with Gasteiger partial charge in [0.1, 0.15) is 0 Å². The molecule has 0 amide bonds. The standard InChI is InChI=1S/C20H34N4O.HI/c1-21-20(22-12-9-15-25-2)23-16-18-10-5-6-11-19(18)17-24-13-7-3-4-8-14-24;/h5-6,10-11H,3-4,7-9,12-17H2,1-2H3,(H2,21,22,23);1H. The Bertz CT molecular complexity index is 516. The lowest BCUT2D eigenvalue weighted by molar-refractivity contribution is 0.195. The predicted molar refractivity (Wildman–Crippen MR) is 120 cm³/mol. The normalized spacial score (nSPS) is 15.8. The fourth-order valence-electron chi connectivity index (χ4n) is 3.24. The Labute approximate surface area is 176 Å². The molecule has 0 saturated carbocycles. The number of methoxy groups -OCH3 is 1. The molecule has 5 nitrogen and oxygen atoms in total. The molecule has 1 aromatic carbocycles. The van der Waals surface area contributed by atoms with Crippen LogP contribution in [0.15, 0.2) is 29.3 Å². The first-order valence-corrected chi connectivity index (χ1v) is 9.56. The average Bonchev–Trinajstić information content (AvgIpc) is 2.91. The smallest absolute Gasteiger partial charge is 0.191 e. The fourth-order valence-corrected chi connectivity index (χ4v) is 3.24. The Morgan fingerprint density at radius 2 is 1.77 bits per heavy atom. The van der Waals surface area contributed by atoms with Gasteiger partial charge in [0, 0.05) is 40.4 Å². The lowest BCUT2D eigenvalue weighted by Crippen LogP contribution is -2.37. The first-order chi connectivity index (χ1) is 12.3. The molecule has 1 fully saturated rings. The van der Waals surface area contributed by atoms with Gasteiger partial charge in [-0.15, -0.1) is 24.0 Å². The van der Waals surface area contributed by atoms with E-state index in [2.05, 4.69) is 44.8 Å². The van der Waals surface area contributed by atoms with Crippen molar-refractivity contribution in [3.05, 3.63) is 35.4 Å². The van der Waals surface area contributed by atoms with Gasteiger partial charge in [-0.1, -0.05) is 37.1 Å². The molecule has 0 bridgehead atoms. The molecule has 0 aliphatic carbocycles. The predicted octanol–water partition coefficient (Wildman–Crippen LogP) is 3.38. The Balaban J connectivity index is 0.00000338. The molecular weight excluding hydrogens is 439 g/mol. The Morgan fingerprint density at radius 1 is 1.08 bits per heavy atom. The number of halogens is 1. The molecule has 148 valence electrons. The summed E-state index contributed by atoms with van der Waals surface area (Å²) in [6, 6.07) is 8.75. The monoisotopic (exact) mass is 474 g/mol. The summed E-state index contributed by atoms with van der Waals surface area (Å²) in [5.41, 5.74) is 2.78. The van der Waals surface area contributed by atoms with Crippen LogP contribution in [0.1, 0.15) is 43.2 Å². The zero-order chi connectivity index (χ0) is 17.7. The van der Waals surface area contributed by atoms with Gasteiger partial charge in [0.25, 0.3) is 0 Å². The molecule has 0 unspecified atom stereocenters. The van der Waals surface area contributed by atoms with Gasteiger partial charge in [-0.2, -0.15) is 0 Å². The maximum atomic E-state index is 5.08. The third-order valence-electron chi connectivity index (χ3n) is 4.70. The third kappa shape index (κ3) is 8.68. The van der Waals surface area contributed by atoms with Gasteiger partial charge >= 0.3 is 0 Å². The lowest BCUT2D eigenvalue weighted by atomic mass is 10.1. The van der Waals surface area contributed by atoms with Crippen molar-refractivity contribution in [2.24, 2.45) is 4.99 Å². The van der Waals surface area contributed by atoms with Crippen molar-refractivity contribution < 1.29 is 4.74 Å². The van der Waals surface area contributed by atoms with Crippen molar-refractivity contribution in [1.29, 1.82) is 0 Å². The second kappa shape index (κ2) is 14.2. The number of nitrogens with zero attached hydrogens (tertiary/aromatic N) is 2. The van der Waals surface area contributed by atoms with Crippen LogP contribution >= 0.6 is 24.0 Å². The number of likely N-dealkylation sites (tertiary alicyclic amines) is 1. The molecule has 0 radical (unpaired) electrons. The summed E-state index contributed by atoms with van der Waals surface area (Å²) in [4.78, 5) is 6.90. The molecule has 1 aliphatic heterocycles. The van der Waals surface area contributed by atoms with Crippen molar-refractivity contribution in [3.8, 4) is 0 Å². The molecule has 0 spiro atoms. The summed E-state index contributed by atoms with van der Waals surface area (Å²) in [6.45, 7) is 5.94. The van der Waals surface area contributed by atoms with E-state index in [0.29, 0.717) is 0 Å². The molecule has 0 atom stereocenters. The van der Waals surface area contributed by atoms with Crippen molar-refractivity contribution in [1.82, 2.24) is 15.5 Å². The molecule has 1 aliphatic rings. The van der Waals surface area contributed by atoms with E-state index in [1.165, 1.54) is 49.9 Å². The number of hydrogen-bond donors (Lipinski definition) is 2. The quantitative estimate of drug-likeness (QED) is 0.263. The van der Waals surface area contributed by atoms with Gasteiger partial charge in [0.2, 0.25) is 0 Å². The molecule has 0 aromatic heterocycles. The first-order valence-electron chi connectivity index (χ1n) is 9.56. The van der Waals surface area contributed by atoms with Crippen LogP contribution in [0.4, 0.5) is 0 Å². The number of ether oxygens (including phenoxy) is 1. The number of aliphatic imine (C=N–C) groups is 1. The van der Waals surface area contributed by atoms with E-state index < -0.39 is 0 Å². The highest BCUT2D eigenvalue weighted by molar-refractivity contribution is 14.0. The van der Waals surface area contributed by atoms with Crippen molar-refractivity contribution in [2.45, 2.75) is 45.2 Å². The number of nitrogens with one attached hydrogen (secondary N) is 2. The summed E-state index contributed by atoms with van der Waals surface area (Å²) in [5.74, 6) is 0.848. The summed E-state index contributed by atoms with van der Waals surface area (Å²) >= 11 is 0. The third-order valence-corrected chi connectivity index (χ3v) is 4.70. The maximum absolute atomic E-state index is 5.08. The minimum Gasteiger partial charge on any atom is -0.385 e. The molecule has 26 heavy (non-hydrogen) atoms. The largest absolute Gasteiger partial charge is 0.385 e. The van der Waals surface area contributed by atoms with Gasteiger partial charge in [-0.25, -0.2) is 0 Å². The van der Waals surface area contributed by atoms with E-state index in [-0.39, 0.29) is 24.0 Å². The van der Waals surface area contributed by atoms with Gasteiger partial charge < -0.3 is 15.4 Å². The number of guanidine groups is 1. The van der Waals surface area contributed by atoms with Crippen LogP contribution in [0, 0.1) is 0 Å². The summed E-state index contributed by atoms with van der Waals surface area (Å²) in [5, 5.41) is 6.76. The van der Waals surface area contributed by atoms with E-state index in [1.54, 1.807) is 7.11 Å². The zero-order valence-corrected chi connectivity index (χ0v) is 18.6. The summed E-state index contributed by atoms with van der Waals surface area (Å²) in [6.07, 6.45) is 6.40. The van der Waals surface area contributed by atoms with Crippen LogP contribution in [0.25, 0.3) is 0 Å². The zero-order valence-electron chi connectivity index (χ0n) is 16.3. The first kappa shape index (κ1) is 23.2. The Morgan fingerprint density at radius 3 is 2.42 bits per heavy atom. The number of benzene rings is 1. The van der Waals surface area contributed by atoms with Gasteiger partial charge in [-0.05, 0) is 43.5 Å². The van der Waals surface area contributed by atoms with Crippen molar-refractivity contribution >= 4 is 29.9 Å². The van der Waals surface area contributed by atoms with Crippen LogP contribution < -0.4 is 10.6 Å². The molecule has 2 N–H and O–H groups in total. The van der Waals surface area contributed by atoms with E-state index in [0.717, 1.165) is 38.6 Å². The van der Waals surface area contributed by atoms with Crippen molar-refractivity contribution in [2.75, 3.05) is 40.4 Å². The second-order valence-electron chi connectivity index (χ2n) is 6.66. The molecule has 6 heteroatoms. The fraction of sp³-hybridized carbons (Fsp3) is 0.650. The van der Waals surface area contributed by atoms with Gasteiger partial charge in [0.15, 0.2) is 5.96 Å². The molecule has 2 rings (SSSR count). The summed E-state index contributed by atoms with van der Waals surface area (Å²) < 4.78 is 5.08. The minimum atomic E-state index is 0. The Kier molecular flexibility index (Phi) is 12.7. The van der Waals surface area contributed by atoms with E-state index >= 15 is 0 Å². The van der Waals surface area contributed by atoms with E-state index in [9.17, 15) is 0 Å². The van der Waals surface area contributed by atoms with Gasteiger partial charge in [0.05, 0.1) is 0 Å². The molecule has 1 aromatic rings. The molecule has 1 heterocycles. The molecular formula is C20H35IN4O. The topological polar surface area (TPSA) is 48.9 Å². The SMILES string of the molecule is CN=C(NCCCOC)NCc1ccccc1CN1CCCCCC1.I. The van der Waals surface area contributed by atoms with Crippen molar-refractivity contribution in [3.63, 3.8) is 0 Å². The van der Waals surface area contributed by atoms with Gasteiger partial charge in [-0.3, -0.25) is 9.89 Å². The van der Waals surface area contributed by atoms with E-state index in [4.69, 9.17) is 4.74 Å². The highest BCUT2D eigenvalue weighted by Gasteiger charge is 2.11. The summed E-state index contributed by atoms with van der Waals surface area (Å²) in [7, 11) is 3.54. The molecule has 1 saturated heterocycles. The number of rotatable bonds is 8. The van der Waals surface area contributed by atoms with E-state index in [1.807, 2.05) is 7.05 Å². The minimum absolute atomic E-state index is 0. The average molecular weight is 474 g/mol. The lowest BCUT2D eigenvalue weighted by Gasteiger charge is -2.22. The Hall–Kier alpha value is -0.860. The second-order valence-corrected chi connectivity index (χ2v) is 6.66. The van der Waals surface area contributed by atoms with Crippen LogP contribution in [-0.4, -0.2) is 51.3 Å². The van der Waals surface area contributed by atoms with Crippen LogP contribution in [0.5, 0.6) is 0 Å². The van der Waals surface area contributed by atoms with Crippen LogP contribution in [-0.2, 0) is 17.8 Å². The van der Waals surface area contributed by atoms with Crippen LogP contribution in [0.2, 0.25) is 0 Å². The van der Waals surface area contributed by atoms with Crippen LogP contribution in [0.3, 0.4) is 0 Å². The highest BCUT2D eigenvalue weighted by atomic mass is 127. The maximum Gasteiger partial charge on any atom is 0.191 e. The highest BCUT2D eigenvalue weighted by Crippen LogP contribution is 2.16. The number of hydrogen-bond acceptors (Lipinski definition) is 3.